The van der Waals surface area contributed by atoms with Gasteiger partial charge in [0.15, 0.2) is 0 Å². The van der Waals surface area contributed by atoms with Crippen LogP contribution < -0.4 is 16.8 Å². The van der Waals surface area contributed by atoms with Crippen LogP contribution in [0.3, 0.4) is 0 Å². The zero-order valence-electron chi connectivity index (χ0n) is 19.7. The van der Waals surface area contributed by atoms with Crippen molar-refractivity contribution < 1.29 is 4.79 Å². The molecule has 1 heterocycles. The lowest BCUT2D eigenvalue weighted by molar-refractivity contribution is 0.0917. The normalized spacial score (nSPS) is 17.9. The molecule has 1 saturated carbocycles. The average Bonchev–Trinajstić information content (AvgIpc) is 3.24. The Bertz CT molecular complexity index is 1370. The molecule has 1 fully saturated rings. The second-order valence-electron chi connectivity index (χ2n) is 9.41. The Balaban J connectivity index is 1.56. The topological polar surface area (TPSA) is 110 Å². The molecular formula is C29H31N5O. The molecule has 0 radical (unpaired) electrons. The minimum Gasteiger partial charge on any atom is -0.384 e. The first-order chi connectivity index (χ1) is 17.0. The van der Waals surface area contributed by atoms with Crippen molar-refractivity contribution in [2.45, 2.75) is 44.3 Å². The van der Waals surface area contributed by atoms with Crippen molar-refractivity contribution in [3.05, 3.63) is 95.7 Å². The third-order valence-electron chi connectivity index (χ3n) is 6.99. The number of aromatic nitrogens is 1. The molecule has 0 saturated heterocycles. The monoisotopic (exact) mass is 465 g/mol. The molecule has 35 heavy (non-hydrogen) atoms. The van der Waals surface area contributed by atoms with Crippen molar-refractivity contribution in [2.24, 2.45) is 11.5 Å². The van der Waals surface area contributed by atoms with E-state index in [2.05, 4.69) is 29.6 Å². The van der Waals surface area contributed by atoms with E-state index in [4.69, 9.17) is 16.9 Å². The minimum atomic E-state index is -0.0803. The van der Waals surface area contributed by atoms with Crippen molar-refractivity contribution in [2.75, 3.05) is 0 Å². The van der Waals surface area contributed by atoms with Crippen LogP contribution in [0, 0.1) is 5.41 Å². The van der Waals surface area contributed by atoms with Gasteiger partial charge in [0.1, 0.15) is 11.5 Å². The van der Waals surface area contributed by atoms with Crippen LogP contribution in [0.2, 0.25) is 0 Å². The van der Waals surface area contributed by atoms with Crippen LogP contribution in [0.5, 0.6) is 0 Å². The number of carbonyl (C=O) groups excluding carboxylic acids is 1. The highest BCUT2D eigenvalue weighted by Crippen LogP contribution is 2.28. The minimum absolute atomic E-state index is 0.00822. The number of amides is 1. The fraction of sp³-hybridized carbons (Fsp3) is 0.241. The summed E-state index contributed by atoms with van der Waals surface area (Å²) < 4.78 is 2.05. The van der Waals surface area contributed by atoms with E-state index >= 15 is 0 Å². The first-order valence-electron chi connectivity index (χ1n) is 12.2. The molecule has 4 aromatic rings. The van der Waals surface area contributed by atoms with Crippen LogP contribution in [0.15, 0.2) is 78.9 Å². The van der Waals surface area contributed by atoms with Crippen molar-refractivity contribution in [1.29, 1.82) is 5.41 Å². The molecule has 3 aromatic carbocycles. The first kappa shape index (κ1) is 22.9. The van der Waals surface area contributed by atoms with Crippen LogP contribution in [0.25, 0.3) is 22.0 Å². The van der Waals surface area contributed by atoms with Crippen molar-refractivity contribution in [3.63, 3.8) is 0 Å². The van der Waals surface area contributed by atoms with E-state index in [-0.39, 0.29) is 23.8 Å². The number of hydrogen-bond donors (Lipinski definition) is 4. The van der Waals surface area contributed by atoms with Gasteiger partial charge < -0.3 is 21.4 Å². The van der Waals surface area contributed by atoms with Gasteiger partial charge in [-0.25, -0.2) is 0 Å². The third kappa shape index (κ3) is 4.84. The van der Waals surface area contributed by atoms with Crippen LogP contribution in [0.4, 0.5) is 0 Å². The fourth-order valence-corrected chi connectivity index (χ4v) is 5.03. The Hall–Kier alpha value is -3.90. The zero-order chi connectivity index (χ0) is 24.4. The molecular weight excluding hydrogens is 434 g/mol. The van der Waals surface area contributed by atoms with Gasteiger partial charge in [0.2, 0.25) is 0 Å². The van der Waals surface area contributed by atoms with Gasteiger partial charge >= 0.3 is 0 Å². The number of nitrogens with two attached hydrogens (primary N) is 2. The molecule has 0 atom stereocenters. The highest BCUT2D eigenvalue weighted by Gasteiger charge is 2.23. The van der Waals surface area contributed by atoms with Crippen LogP contribution in [-0.4, -0.2) is 28.4 Å². The Morgan fingerprint density at radius 2 is 1.66 bits per heavy atom. The number of amidine groups is 1. The molecule has 6 nitrogen and oxygen atoms in total. The Labute approximate surface area is 205 Å². The molecule has 1 amide bonds. The molecule has 0 bridgehead atoms. The molecule has 5 rings (SSSR count). The largest absolute Gasteiger partial charge is 0.384 e. The fourth-order valence-electron chi connectivity index (χ4n) is 5.03. The maximum Gasteiger partial charge on any atom is 0.268 e. The van der Waals surface area contributed by atoms with E-state index in [1.807, 2.05) is 59.2 Å². The molecule has 6 N–H and O–H groups in total. The maximum atomic E-state index is 13.5. The van der Waals surface area contributed by atoms with Crippen molar-refractivity contribution in [3.8, 4) is 11.1 Å². The van der Waals surface area contributed by atoms with Gasteiger partial charge in [-0.1, -0.05) is 66.7 Å². The maximum absolute atomic E-state index is 13.5. The van der Waals surface area contributed by atoms with Gasteiger partial charge in [0.25, 0.3) is 5.91 Å². The lowest BCUT2D eigenvalue weighted by Crippen LogP contribution is -2.41. The number of carbonyl (C=O) groups is 1. The summed E-state index contributed by atoms with van der Waals surface area (Å²) in [6.07, 6.45) is 3.66. The lowest BCUT2D eigenvalue weighted by atomic mass is 9.92. The summed E-state index contributed by atoms with van der Waals surface area (Å²) >= 11 is 0. The molecule has 1 aliphatic rings. The summed E-state index contributed by atoms with van der Waals surface area (Å²) in [5.41, 5.74) is 17.4. The van der Waals surface area contributed by atoms with E-state index in [1.54, 1.807) is 0 Å². The molecule has 1 aliphatic carbocycles. The Morgan fingerprint density at radius 1 is 0.943 bits per heavy atom. The lowest BCUT2D eigenvalue weighted by Gasteiger charge is -2.27. The summed E-state index contributed by atoms with van der Waals surface area (Å²) in [5.74, 6) is -0.0721. The van der Waals surface area contributed by atoms with E-state index in [0.717, 1.165) is 53.3 Å². The molecule has 0 spiro atoms. The molecule has 1 aromatic heterocycles. The van der Waals surface area contributed by atoms with Gasteiger partial charge in [-0.05, 0) is 54.5 Å². The first-order valence-corrected chi connectivity index (χ1v) is 12.2. The molecule has 0 aliphatic heterocycles. The van der Waals surface area contributed by atoms with Gasteiger partial charge in [0.05, 0.1) is 0 Å². The second kappa shape index (κ2) is 9.76. The van der Waals surface area contributed by atoms with Crippen molar-refractivity contribution in [1.82, 2.24) is 9.88 Å². The van der Waals surface area contributed by atoms with E-state index in [0.29, 0.717) is 17.8 Å². The van der Waals surface area contributed by atoms with Gasteiger partial charge in [-0.2, -0.15) is 0 Å². The van der Waals surface area contributed by atoms with Crippen LogP contribution >= 0.6 is 0 Å². The standard InChI is InChI=1S/C29H31N5O/c30-23-12-14-24(15-13-23)33-29(35)27-16-20-10-11-21(28(31)32)17-26(20)34(27)18-22-8-4-5-9-25(22)19-6-2-1-3-7-19/h1-11,16-17,23-24H,12-15,18,30H2,(H3,31,32)(H,33,35). The smallest absolute Gasteiger partial charge is 0.268 e. The predicted molar refractivity (Wildman–Crippen MR) is 142 cm³/mol. The Morgan fingerprint density at radius 3 is 2.40 bits per heavy atom. The summed E-state index contributed by atoms with van der Waals surface area (Å²) in [7, 11) is 0. The van der Waals surface area contributed by atoms with Crippen molar-refractivity contribution >= 4 is 22.6 Å². The summed E-state index contributed by atoms with van der Waals surface area (Å²) in [5, 5.41) is 12.1. The number of nitrogens with zero attached hydrogens (tertiary/aromatic N) is 1. The van der Waals surface area contributed by atoms with Gasteiger partial charge in [-0.3, -0.25) is 10.2 Å². The molecule has 0 unspecified atom stereocenters. The van der Waals surface area contributed by atoms with Gasteiger partial charge in [0, 0.05) is 35.1 Å². The molecule has 178 valence electrons. The van der Waals surface area contributed by atoms with Gasteiger partial charge in [-0.15, -0.1) is 0 Å². The summed E-state index contributed by atoms with van der Waals surface area (Å²) in [4.78, 5) is 13.5. The SMILES string of the molecule is N=C(N)c1ccc2cc(C(=O)NC3CCC(N)CC3)n(Cc3ccccc3-c3ccccc3)c2c1. The van der Waals surface area contributed by atoms with E-state index in [9.17, 15) is 4.79 Å². The number of hydrogen-bond acceptors (Lipinski definition) is 3. The number of benzene rings is 3. The number of nitrogens with one attached hydrogen (secondary N) is 2. The van der Waals surface area contributed by atoms with E-state index in [1.165, 1.54) is 0 Å². The summed E-state index contributed by atoms with van der Waals surface area (Å²) in [6.45, 7) is 0.522. The van der Waals surface area contributed by atoms with Crippen LogP contribution in [0.1, 0.15) is 47.3 Å². The zero-order valence-corrected chi connectivity index (χ0v) is 19.7. The Kier molecular flexibility index (Phi) is 6.38. The quantitative estimate of drug-likeness (QED) is 0.246. The van der Waals surface area contributed by atoms with Crippen LogP contribution in [-0.2, 0) is 6.54 Å². The average molecular weight is 466 g/mol. The number of nitrogen functional groups attached to an aromatic ring is 1. The second-order valence-corrected chi connectivity index (χ2v) is 9.41. The highest BCUT2D eigenvalue weighted by atomic mass is 16.2. The predicted octanol–water partition coefficient (Wildman–Crippen LogP) is 4.64. The molecule has 6 heteroatoms. The number of rotatable bonds is 6. The van der Waals surface area contributed by atoms with E-state index < -0.39 is 0 Å². The number of fused-ring (bicyclic) bond motifs is 1. The highest BCUT2D eigenvalue weighted by molar-refractivity contribution is 6.02. The third-order valence-corrected chi connectivity index (χ3v) is 6.99. The summed E-state index contributed by atoms with van der Waals surface area (Å²) in [6, 6.07) is 26.5.